The van der Waals surface area contributed by atoms with Crippen molar-refractivity contribution in [3.05, 3.63) is 71.7 Å². The third-order valence-corrected chi connectivity index (χ3v) is 5.39. The van der Waals surface area contributed by atoms with E-state index in [1.165, 1.54) is 23.8 Å². The molecule has 1 aliphatic rings. The molecule has 0 bridgehead atoms. The lowest BCUT2D eigenvalue weighted by molar-refractivity contribution is 0.319. The Bertz CT molecular complexity index is 1250. The van der Waals surface area contributed by atoms with E-state index in [1.54, 1.807) is 6.92 Å². The minimum Gasteiger partial charge on any atom is -0.411 e. The summed E-state index contributed by atoms with van der Waals surface area (Å²) in [6.45, 7) is 3.72. The van der Waals surface area contributed by atoms with Gasteiger partial charge in [0.2, 0.25) is 0 Å². The van der Waals surface area contributed by atoms with Crippen LogP contribution in [-0.4, -0.2) is 30.7 Å². The van der Waals surface area contributed by atoms with E-state index in [1.807, 2.05) is 54.2 Å². The molecule has 5 rings (SSSR count). The van der Waals surface area contributed by atoms with Gasteiger partial charge in [0.1, 0.15) is 5.71 Å². The number of oxime groups is 1. The summed E-state index contributed by atoms with van der Waals surface area (Å²) < 4.78 is 1.90. The lowest BCUT2D eigenvalue weighted by Crippen LogP contribution is -2.01. The number of fused-ring (bicyclic) bond motifs is 1. The first-order valence-corrected chi connectivity index (χ1v) is 9.76. The van der Waals surface area contributed by atoms with Gasteiger partial charge in [-0.2, -0.15) is 5.10 Å². The van der Waals surface area contributed by atoms with Gasteiger partial charge in [-0.15, -0.1) is 0 Å². The van der Waals surface area contributed by atoms with Gasteiger partial charge < -0.3 is 5.21 Å². The number of nitrogens with zero attached hydrogens (tertiary/aromatic N) is 5. The molecule has 0 amide bonds. The van der Waals surface area contributed by atoms with Gasteiger partial charge in [0.05, 0.1) is 23.1 Å². The first-order valence-electron chi connectivity index (χ1n) is 9.76. The molecule has 144 valence electrons. The molecule has 0 saturated heterocycles. The van der Waals surface area contributed by atoms with E-state index < -0.39 is 0 Å². The minimum atomic E-state index is 0.490. The van der Waals surface area contributed by atoms with Crippen molar-refractivity contribution in [1.29, 1.82) is 0 Å². The first-order chi connectivity index (χ1) is 14.1. The second-order valence-corrected chi connectivity index (χ2v) is 7.56. The lowest BCUT2D eigenvalue weighted by Gasteiger charge is -2.10. The van der Waals surface area contributed by atoms with Crippen molar-refractivity contribution in [3.63, 3.8) is 0 Å². The van der Waals surface area contributed by atoms with Crippen molar-refractivity contribution >= 4 is 16.6 Å². The van der Waals surface area contributed by atoms with Crippen molar-refractivity contribution in [2.45, 2.75) is 32.6 Å². The molecule has 6 heteroatoms. The average Bonchev–Trinajstić information content (AvgIpc) is 3.51. The zero-order valence-corrected chi connectivity index (χ0v) is 16.4. The Kier molecular flexibility index (Phi) is 4.12. The van der Waals surface area contributed by atoms with Gasteiger partial charge >= 0.3 is 0 Å². The number of aryl methyl sites for hydroxylation is 1. The van der Waals surface area contributed by atoms with Crippen molar-refractivity contribution in [3.8, 4) is 17.1 Å². The van der Waals surface area contributed by atoms with Crippen LogP contribution < -0.4 is 0 Å². The van der Waals surface area contributed by atoms with E-state index in [0.717, 1.165) is 28.3 Å². The van der Waals surface area contributed by atoms with Crippen LogP contribution in [0.3, 0.4) is 0 Å². The molecule has 1 fully saturated rings. The van der Waals surface area contributed by atoms with Gasteiger partial charge in [0.15, 0.2) is 5.82 Å². The van der Waals surface area contributed by atoms with Crippen molar-refractivity contribution in [1.82, 2.24) is 19.7 Å². The number of benzene rings is 1. The lowest BCUT2D eigenvalue weighted by atomic mass is 10.00. The van der Waals surface area contributed by atoms with Crippen LogP contribution in [0, 0.1) is 6.92 Å². The quantitative estimate of drug-likeness (QED) is 0.310. The van der Waals surface area contributed by atoms with Gasteiger partial charge in [-0.25, -0.2) is 14.6 Å². The van der Waals surface area contributed by atoms with E-state index >= 15 is 0 Å². The normalized spacial score (nSPS) is 14.5. The van der Waals surface area contributed by atoms with Crippen LogP contribution in [0.5, 0.6) is 0 Å². The molecule has 0 atom stereocenters. The maximum atomic E-state index is 9.10. The van der Waals surface area contributed by atoms with E-state index in [-0.39, 0.29) is 0 Å². The zero-order valence-electron chi connectivity index (χ0n) is 16.4. The van der Waals surface area contributed by atoms with Crippen LogP contribution in [-0.2, 0) is 0 Å². The minimum absolute atomic E-state index is 0.490. The third kappa shape index (κ3) is 3.16. The highest BCUT2D eigenvalue weighted by molar-refractivity contribution is 5.97. The Morgan fingerprint density at radius 1 is 1.10 bits per heavy atom. The van der Waals surface area contributed by atoms with Crippen LogP contribution in [0.4, 0.5) is 0 Å². The first kappa shape index (κ1) is 17.6. The number of pyridine rings is 2. The van der Waals surface area contributed by atoms with Gasteiger partial charge in [0.25, 0.3) is 0 Å². The average molecular weight is 383 g/mol. The Morgan fingerprint density at radius 3 is 2.69 bits per heavy atom. The Balaban J connectivity index is 1.72. The van der Waals surface area contributed by atoms with E-state index in [2.05, 4.69) is 27.4 Å². The number of hydrogen-bond donors (Lipinski definition) is 1. The fourth-order valence-corrected chi connectivity index (χ4v) is 3.71. The summed E-state index contributed by atoms with van der Waals surface area (Å²) in [6, 6.07) is 16.1. The Labute approximate surface area is 168 Å². The Hall–Kier alpha value is -3.54. The summed E-state index contributed by atoms with van der Waals surface area (Å²) in [5.41, 5.74) is 6.33. The highest BCUT2D eigenvalue weighted by Gasteiger charge is 2.27. The molecule has 0 aliphatic heterocycles. The number of rotatable bonds is 4. The van der Waals surface area contributed by atoms with Crippen molar-refractivity contribution < 1.29 is 5.21 Å². The second kappa shape index (κ2) is 6.81. The highest BCUT2D eigenvalue weighted by atomic mass is 16.4. The molecule has 4 aromatic rings. The predicted molar refractivity (Wildman–Crippen MR) is 113 cm³/mol. The van der Waals surface area contributed by atoms with Gasteiger partial charge in [-0.05, 0) is 74.6 Å². The zero-order chi connectivity index (χ0) is 20.0. The van der Waals surface area contributed by atoms with Crippen LogP contribution >= 0.6 is 0 Å². The maximum Gasteiger partial charge on any atom is 0.154 e. The molecule has 0 unspecified atom stereocenters. The Morgan fingerprint density at radius 2 is 1.93 bits per heavy atom. The number of hydrogen-bond acceptors (Lipinski definition) is 5. The van der Waals surface area contributed by atoms with Crippen molar-refractivity contribution in [2.24, 2.45) is 5.16 Å². The number of aromatic nitrogens is 4. The topological polar surface area (TPSA) is 76.2 Å². The molecule has 29 heavy (non-hydrogen) atoms. The second-order valence-electron chi connectivity index (χ2n) is 7.56. The van der Waals surface area contributed by atoms with Crippen LogP contribution in [0.1, 0.15) is 42.6 Å². The SMILES string of the molecule is C/C(=N/O)c1cccc(-c2cc(C3CC3)c3cnn(-c4cccc(C)n4)c3c2)n1. The molecule has 1 N–H and O–H groups in total. The summed E-state index contributed by atoms with van der Waals surface area (Å²) >= 11 is 0. The molecular formula is C23H21N5O. The molecule has 1 saturated carbocycles. The maximum absolute atomic E-state index is 9.10. The summed E-state index contributed by atoms with van der Waals surface area (Å²) in [5, 5.41) is 18.2. The third-order valence-electron chi connectivity index (χ3n) is 5.39. The summed E-state index contributed by atoms with van der Waals surface area (Å²) in [6.07, 6.45) is 4.36. The largest absolute Gasteiger partial charge is 0.411 e. The molecule has 6 nitrogen and oxygen atoms in total. The monoisotopic (exact) mass is 383 g/mol. The van der Waals surface area contributed by atoms with Crippen LogP contribution in [0.25, 0.3) is 28.0 Å². The smallest absolute Gasteiger partial charge is 0.154 e. The van der Waals surface area contributed by atoms with Crippen LogP contribution in [0.15, 0.2) is 59.9 Å². The van der Waals surface area contributed by atoms with Gasteiger partial charge in [-0.1, -0.05) is 17.3 Å². The van der Waals surface area contributed by atoms with E-state index in [9.17, 15) is 0 Å². The summed E-state index contributed by atoms with van der Waals surface area (Å²) in [5.74, 6) is 1.38. The van der Waals surface area contributed by atoms with Crippen LogP contribution in [0.2, 0.25) is 0 Å². The molecule has 0 radical (unpaired) electrons. The van der Waals surface area contributed by atoms with E-state index in [0.29, 0.717) is 17.3 Å². The molecule has 3 heterocycles. The molecule has 3 aromatic heterocycles. The fraction of sp³-hybridized carbons (Fsp3) is 0.217. The fourth-order valence-electron chi connectivity index (χ4n) is 3.71. The molecular weight excluding hydrogens is 362 g/mol. The standard InChI is InChI=1S/C23H21N5O/c1-14-5-3-8-23(25-14)28-22-12-17(11-18(16-9-10-16)19(22)13-24-28)21-7-4-6-20(26-21)15(2)27-29/h3-8,11-13,16,29H,9-10H2,1-2H3/b27-15-. The molecule has 0 spiro atoms. The molecule has 1 aliphatic carbocycles. The van der Waals surface area contributed by atoms with E-state index in [4.69, 9.17) is 10.2 Å². The summed E-state index contributed by atoms with van der Waals surface area (Å²) in [4.78, 5) is 9.35. The van der Waals surface area contributed by atoms with Crippen molar-refractivity contribution in [2.75, 3.05) is 0 Å². The van der Waals surface area contributed by atoms with Gasteiger partial charge in [-0.3, -0.25) is 0 Å². The summed E-state index contributed by atoms with van der Waals surface area (Å²) in [7, 11) is 0. The predicted octanol–water partition coefficient (Wildman–Crippen LogP) is 4.87. The van der Waals surface area contributed by atoms with Gasteiger partial charge in [0, 0.05) is 16.6 Å². The highest BCUT2D eigenvalue weighted by Crippen LogP contribution is 2.44. The molecule has 1 aromatic carbocycles.